The van der Waals surface area contributed by atoms with Crippen LogP contribution in [0.1, 0.15) is 41.4 Å². The van der Waals surface area contributed by atoms with Gasteiger partial charge in [-0.3, -0.25) is 0 Å². The van der Waals surface area contributed by atoms with Crippen LogP contribution in [0.4, 0.5) is 16.2 Å². The first kappa shape index (κ1) is 21.2. The number of carboxylic acids is 1. The van der Waals surface area contributed by atoms with Gasteiger partial charge in [0, 0.05) is 37.6 Å². The van der Waals surface area contributed by atoms with Crippen LogP contribution < -0.4 is 10.6 Å². The highest BCUT2D eigenvalue weighted by Gasteiger charge is 2.36. The van der Waals surface area contributed by atoms with Crippen molar-refractivity contribution in [2.45, 2.75) is 26.3 Å². The molecular formula is C24H30N4O3. The summed E-state index contributed by atoms with van der Waals surface area (Å²) in [6.45, 7) is 7.59. The molecule has 2 amide bonds. The summed E-state index contributed by atoms with van der Waals surface area (Å²) in [6, 6.07) is 13.2. The summed E-state index contributed by atoms with van der Waals surface area (Å²) in [5.41, 5.74) is 4.02. The van der Waals surface area contributed by atoms with E-state index in [2.05, 4.69) is 42.5 Å². The number of hydrogen-bond donors (Lipinski definition) is 3. The smallest absolute Gasteiger partial charge is 0.335 e. The van der Waals surface area contributed by atoms with E-state index in [-0.39, 0.29) is 17.5 Å². The molecule has 7 nitrogen and oxygen atoms in total. The average molecular weight is 423 g/mol. The number of hydrogen-bond acceptors (Lipinski definition) is 4. The molecule has 0 saturated carbocycles. The Morgan fingerprint density at radius 2 is 1.84 bits per heavy atom. The van der Waals surface area contributed by atoms with Crippen molar-refractivity contribution < 1.29 is 14.7 Å². The summed E-state index contributed by atoms with van der Waals surface area (Å²) in [4.78, 5) is 28.1. The molecule has 2 aliphatic heterocycles. The molecule has 0 bridgehead atoms. The first-order valence-electron chi connectivity index (χ1n) is 10.7. The lowest BCUT2D eigenvalue weighted by Crippen LogP contribution is -2.48. The molecule has 1 fully saturated rings. The highest BCUT2D eigenvalue weighted by molar-refractivity contribution is 5.90. The number of carbonyl (C=O) groups is 2. The molecule has 0 spiro atoms. The maximum atomic E-state index is 12.7. The van der Waals surface area contributed by atoms with Crippen molar-refractivity contribution in [3.8, 4) is 0 Å². The zero-order chi connectivity index (χ0) is 22.2. The highest BCUT2D eigenvalue weighted by Crippen LogP contribution is 2.45. The average Bonchev–Trinajstić information content (AvgIpc) is 2.72. The minimum Gasteiger partial charge on any atom is -0.478 e. The monoisotopic (exact) mass is 422 g/mol. The van der Waals surface area contributed by atoms with Gasteiger partial charge in [-0.05, 0) is 60.3 Å². The van der Waals surface area contributed by atoms with Gasteiger partial charge in [-0.15, -0.1) is 0 Å². The molecular weight excluding hydrogens is 392 g/mol. The van der Waals surface area contributed by atoms with Crippen LogP contribution in [0.3, 0.4) is 0 Å². The Hall–Kier alpha value is -3.06. The number of carboxylic acid groups (broad SMARTS) is 1. The Kier molecular flexibility index (Phi) is 5.62. The van der Waals surface area contributed by atoms with Crippen LogP contribution in [0.5, 0.6) is 0 Å². The molecule has 2 aromatic rings. The number of amides is 2. The van der Waals surface area contributed by atoms with Crippen LogP contribution in [0.15, 0.2) is 42.5 Å². The molecule has 7 heteroatoms. The summed E-state index contributed by atoms with van der Waals surface area (Å²) in [6.07, 6.45) is 0.763. The highest BCUT2D eigenvalue weighted by atomic mass is 16.4. The third-order valence-corrected chi connectivity index (χ3v) is 6.34. The fraction of sp³-hybridized carbons (Fsp3) is 0.417. The number of nitrogens with one attached hydrogen (secondary N) is 2. The van der Waals surface area contributed by atoms with Crippen molar-refractivity contribution in [3.05, 3.63) is 59.2 Å². The molecule has 164 valence electrons. The first-order chi connectivity index (χ1) is 14.7. The number of carbonyl (C=O) groups excluding carboxylic acids is 1. The van der Waals surface area contributed by atoms with Crippen LogP contribution in [-0.2, 0) is 6.42 Å². The van der Waals surface area contributed by atoms with Gasteiger partial charge >= 0.3 is 12.0 Å². The molecule has 2 aromatic carbocycles. The van der Waals surface area contributed by atoms with Crippen molar-refractivity contribution in [1.29, 1.82) is 0 Å². The third-order valence-electron chi connectivity index (χ3n) is 6.34. The Labute approximate surface area is 183 Å². The normalized spacial score (nSPS) is 20.5. The summed E-state index contributed by atoms with van der Waals surface area (Å²) >= 11 is 0. The standard InChI is InChI=1S/C24H30N4O3/c1-24(2)15-18-13-17(22(29)30)7-8-20(18)26-21(24)16-5-4-6-19(14-16)25-23(31)28-11-9-27(3)10-12-28/h4-8,13-14,21,26H,9-12,15H2,1-3H3,(H,25,31)(H,29,30). The second-order valence-electron chi connectivity index (χ2n) is 9.27. The van der Waals surface area contributed by atoms with Crippen LogP contribution >= 0.6 is 0 Å². The van der Waals surface area contributed by atoms with E-state index >= 15 is 0 Å². The molecule has 4 rings (SSSR count). The van der Waals surface area contributed by atoms with Crippen LogP contribution in [0, 0.1) is 5.41 Å². The van der Waals surface area contributed by atoms with Gasteiger partial charge in [-0.1, -0.05) is 26.0 Å². The number of benzene rings is 2. The molecule has 2 aliphatic rings. The van der Waals surface area contributed by atoms with Crippen molar-refractivity contribution in [1.82, 2.24) is 9.80 Å². The quantitative estimate of drug-likeness (QED) is 0.699. The number of aromatic carboxylic acids is 1. The van der Waals surface area contributed by atoms with Gasteiger partial charge in [-0.2, -0.15) is 0 Å². The predicted molar refractivity (Wildman–Crippen MR) is 122 cm³/mol. The number of likely N-dealkylation sites (N-methyl/N-ethyl adjacent to an activating group) is 1. The molecule has 0 aromatic heterocycles. The maximum Gasteiger partial charge on any atom is 0.335 e. The molecule has 0 aliphatic carbocycles. The molecule has 1 atom stereocenters. The largest absolute Gasteiger partial charge is 0.478 e. The van der Waals surface area contributed by atoms with E-state index in [1.807, 2.05) is 29.2 Å². The Balaban J connectivity index is 1.53. The molecule has 31 heavy (non-hydrogen) atoms. The van der Waals surface area contributed by atoms with Gasteiger partial charge in [0.1, 0.15) is 0 Å². The van der Waals surface area contributed by atoms with Gasteiger partial charge in [-0.25, -0.2) is 9.59 Å². The van der Waals surface area contributed by atoms with Gasteiger partial charge in [0.2, 0.25) is 0 Å². The first-order valence-corrected chi connectivity index (χ1v) is 10.7. The maximum absolute atomic E-state index is 12.7. The Morgan fingerprint density at radius 3 is 2.55 bits per heavy atom. The van der Waals surface area contributed by atoms with Crippen LogP contribution in [0.25, 0.3) is 0 Å². The fourth-order valence-electron chi connectivity index (χ4n) is 4.50. The van der Waals surface area contributed by atoms with E-state index in [0.29, 0.717) is 5.56 Å². The van der Waals surface area contributed by atoms with Crippen LogP contribution in [-0.4, -0.2) is 60.1 Å². The van der Waals surface area contributed by atoms with E-state index in [0.717, 1.165) is 55.1 Å². The molecule has 0 radical (unpaired) electrons. The Bertz CT molecular complexity index is 996. The SMILES string of the molecule is CN1CCN(C(=O)Nc2cccc(C3Nc4ccc(C(=O)O)cc4CC3(C)C)c2)CC1. The number of nitrogens with zero attached hydrogens (tertiary/aromatic N) is 2. The van der Waals surface area contributed by atoms with Gasteiger partial charge < -0.3 is 25.5 Å². The minimum atomic E-state index is -0.911. The van der Waals surface area contributed by atoms with Crippen LogP contribution in [0.2, 0.25) is 0 Å². The molecule has 1 saturated heterocycles. The number of anilines is 2. The third kappa shape index (κ3) is 4.51. The lowest BCUT2D eigenvalue weighted by molar-refractivity contribution is 0.0696. The summed E-state index contributed by atoms with van der Waals surface area (Å²) < 4.78 is 0. The van der Waals surface area contributed by atoms with E-state index in [1.165, 1.54) is 0 Å². The van der Waals surface area contributed by atoms with E-state index in [1.54, 1.807) is 12.1 Å². The van der Waals surface area contributed by atoms with Crippen molar-refractivity contribution in [2.75, 3.05) is 43.9 Å². The Morgan fingerprint density at radius 1 is 1.10 bits per heavy atom. The van der Waals surface area contributed by atoms with Gasteiger partial charge in [0.25, 0.3) is 0 Å². The molecule has 2 heterocycles. The van der Waals surface area contributed by atoms with Gasteiger partial charge in [0.15, 0.2) is 0 Å². The fourth-order valence-corrected chi connectivity index (χ4v) is 4.50. The van der Waals surface area contributed by atoms with E-state index < -0.39 is 5.97 Å². The second-order valence-corrected chi connectivity index (χ2v) is 9.27. The molecule has 1 unspecified atom stereocenters. The zero-order valence-electron chi connectivity index (χ0n) is 18.3. The number of urea groups is 1. The summed E-state index contributed by atoms with van der Waals surface area (Å²) in [7, 11) is 2.07. The lowest BCUT2D eigenvalue weighted by atomic mass is 9.72. The topological polar surface area (TPSA) is 84.9 Å². The minimum absolute atomic E-state index is 0.0381. The van der Waals surface area contributed by atoms with Crippen molar-refractivity contribution in [2.24, 2.45) is 5.41 Å². The lowest BCUT2D eigenvalue weighted by Gasteiger charge is -2.41. The van der Waals surface area contributed by atoms with Crippen molar-refractivity contribution >= 4 is 23.4 Å². The second kappa shape index (κ2) is 8.23. The summed E-state index contributed by atoms with van der Waals surface area (Å²) in [5.74, 6) is -0.911. The van der Waals surface area contributed by atoms with Gasteiger partial charge in [0.05, 0.1) is 11.6 Å². The van der Waals surface area contributed by atoms with E-state index in [9.17, 15) is 14.7 Å². The number of fused-ring (bicyclic) bond motifs is 1. The summed E-state index contributed by atoms with van der Waals surface area (Å²) in [5, 5.41) is 15.9. The number of piperazine rings is 1. The van der Waals surface area contributed by atoms with E-state index in [4.69, 9.17) is 0 Å². The number of rotatable bonds is 3. The van der Waals surface area contributed by atoms with Crippen molar-refractivity contribution in [3.63, 3.8) is 0 Å². The predicted octanol–water partition coefficient (Wildman–Crippen LogP) is 3.90. The zero-order valence-corrected chi connectivity index (χ0v) is 18.3. The molecule has 3 N–H and O–H groups in total.